The Balaban J connectivity index is 1.95. The zero-order valence-electron chi connectivity index (χ0n) is 12.6. The molecule has 0 aliphatic carbocycles. The van der Waals surface area contributed by atoms with Crippen LogP contribution in [-0.4, -0.2) is 10.7 Å². The summed E-state index contributed by atoms with van der Waals surface area (Å²) in [6, 6.07) is 15.2. The molecule has 3 nitrogen and oxygen atoms in total. The molecule has 0 unspecified atom stereocenters. The van der Waals surface area contributed by atoms with Crippen molar-refractivity contribution < 1.29 is 0 Å². The average Bonchev–Trinajstić information content (AvgIpc) is 2.55. The summed E-state index contributed by atoms with van der Waals surface area (Å²) in [6.45, 7) is 2.06. The first kappa shape index (κ1) is 15.8. The summed E-state index contributed by atoms with van der Waals surface area (Å²) < 4.78 is 0. The number of fused-ring (bicyclic) bond motifs is 1. The Morgan fingerprint density at radius 1 is 1.09 bits per heavy atom. The van der Waals surface area contributed by atoms with Crippen LogP contribution in [0.4, 0.5) is 5.69 Å². The number of rotatable bonds is 4. The van der Waals surface area contributed by atoms with E-state index in [0.29, 0.717) is 10.0 Å². The molecule has 0 radical (unpaired) electrons. The van der Waals surface area contributed by atoms with Crippen LogP contribution in [0.5, 0.6) is 0 Å². The van der Waals surface area contributed by atoms with Crippen LogP contribution in [0.25, 0.3) is 10.9 Å². The number of nitrogens with zero attached hydrogens (tertiary/aromatic N) is 2. The van der Waals surface area contributed by atoms with Crippen LogP contribution in [0.2, 0.25) is 10.0 Å². The van der Waals surface area contributed by atoms with Crippen LogP contribution in [0, 0.1) is 0 Å². The maximum absolute atomic E-state index is 6.06. The molecule has 1 aromatic heterocycles. The van der Waals surface area contributed by atoms with Gasteiger partial charge >= 0.3 is 0 Å². The van der Waals surface area contributed by atoms with Gasteiger partial charge in [0.25, 0.3) is 0 Å². The van der Waals surface area contributed by atoms with Crippen LogP contribution in [0.1, 0.15) is 18.9 Å². The molecule has 0 amide bonds. The van der Waals surface area contributed by atoms with Gasteiger partial charge in [0, 0.05) is 21.6 Å². The van der Waals surface area contributed by atoms with E-state index >= 15 is 0 Å². The number of hydrogen-bond donors (Lipinski definition) is 1. The van der Waals surface area contributed by atoms with Gasteiger partial charge in [-0.2, -0.15) is 5.10 Å². The number of hydrogen-bond acceptors (Lipinski definition) is 3. The van der Waals surface area contributed by atoms with E-state index in [1.54, 1.807) is 6.20 Å². The van der Waals surface area contributed by atoms with Crippen LogP contribution in [0.15, 0.2) is 59.8 Å². The minimum absolute atomic E-state index is 0.666. The highest BCUT2D eigenvalue weighted by molar-refractivity contribution is 6.31. The second-order valence-electron chi connectivity index (χ2n) is 5.05. The third kappa shape index (κ3) is 3.63. The van der Waals surface area contributed by atoms with Gasteiger partial charge in [-0.3, -0.25) is 10.4 Å². The number of benzene rings is 2. The van der Waals surface area contributed by atoms with Crippen molar-refractivity contribution in [2.24, 2.45) is 5.10 Å². The molecule has 1 heterocycles. The van der Waals surface area contributed by atoms with Crippen molar-refractivity contribution >= 4 is 45.5 Å². The summed E-state index contributed by atoms with van der Waals surface area (Å²) >= 11 is 12.1. The molecule has 2 aromatic carbocycles. The van der Waals surface area contributed by atoms with Crippen LogP contribution in [0.3, 0.4) is 0 Å². The van der Waals surface area contributed by atoms with Crippen LogP contribution >= 0.6 is 23.2 Å². The van der Waals surface area contributed by atoms with E-state index in [-0.39, 0.29) is 0 Å². The Hall–Kier alpha value is -2.10. The quantitative estimate of drug-likeness (QED) is 0.482. The molecule has 23 heavy (non-hydrogen) atoms. The first-order chi connectivity index (χ1) is 11.2. The van der Waals surface area contributed by atoms with Crippen molar-refractivity contribution in [3.63, 3.8) is 0 Å². The second-order valence-corrected chi connectivity index (χ2v) is 5.93. The third-order valence-corrected chi connectivity index (χ3v) is 3.98. The van der Waals surface area contributed by atoms with Crippen molar-refractivity contribution in [3.8, 4) is 0 Å². The smallest absolute Gasteiger partial charge is 0.0738 e. The van der Waals surface area contributed by atoms with E-state index < -0.39 is 0 Å². The Morgan fingerprint density at radius 2 is 1.91 bits per heavy atom. The highest BCUT2D eigenvalue weighted by Crippen LogP contribution is 2.24. The first-order valence-electron chi connectivity index (χ1n) is 7.30. The van der Waals surface area contributed by atoms with Crippen molar-refractivity contribution in [2.45, 2.75) is 13.3 Å². The Morgan fingerprint density at radius 3 is 2.70 bits per heavy atom. The predicted molar refractivity (Wildman–Crippen MR) is 98.7 cm³/mol. The lowest BCUT2D eigenvalue weighted by molar-refractivity contribution is 1.22. The fourth-order valence-electron chi connectivity index (χ4n) is 2.36. The standard InChI is InChI=1S/C18H15Cl2N3/c1-2-16(12-4-3-5-13(19)10-12)22-23-17-8-9-21-18-11-14(20)6-7-15(17)18/h3-11H,2H2,1H3,(H,21,23)/b22-16-. The number of nitrogens with one attached hydrogen (secondary N) is 1. The van der Waals surface area contributed by atoms with Crippen molar-refractivity contribution in [3.05, 3.63) is 70.3 Å². The largest absolute Gasteiger partial charge is 0.277 e. The summed E-state index contributed by atoms with van der Waals surface area (Å²) in [7, 11) is 0. The van der Waals surface area contributed by atoms with Gasteiger partial charge in [-0.1, -0.05) is 42.3 Å². The lowest BCUT2D eigenvalue weighted by Gasteiger charge is -2.08. The lowest BCUT2D eigenvalue weighted by atomic mass is 10.1. The molecule has 0 saturated carbocycles. The van der Waals surface area contributed by atoms with Gasteiger partial charge in [0.2, 0.25) is 0 Å². The van der Waals surface area contributed by atoms with E-state index in [1.165, 1.54) is 0 Å². The number of aromatic nitrogens is 1. The Labute approximate surface area is 145 Å². The van der Waals surface area contributed by atoms with Gasteiger partial charge in [-0.15, -0.1) is 0 Å². The zero-order chi connectivity index (χ0) is 16.2. The molecule has 0 atom stereocenters. The Bertz CT molecular complexity index is 875. The monoisotopic (exact) mass is 343 g/mol. The highest BCUT2D eigenvalue weighted by atomic mass is 35.5. The molecule has 3 rings (SSSR count). The van der Waals surface area contributed by atoms with E-state index in [4.69, 9.17) is 23.2 Å². The number of hydrazone groups is 1. The summed E-state index contributed by atoms with van der Waals surface area (Å²) in [6.07, 6.45) is 2.53. The molecule has 0 fully saturated rings. The molecule has 3 aromatic rings. The van der Waals surface area contributed by atoms with E-state index in [0.717, 1.165) is 34.3 Å². The normalized spacial score (nSPS) is 11.7. The lowest BCUT2D eigenvalue weighted by Crippen LogP contribution is -2.03. The molecule has 0 spiro atoms. The van der Waals surface area contributed by atoms with Gasteiger partial charge in [0.1, 0.15) is 0 Å². The molecule has 1 N–H and O–H groups in total. The fraction of sp³-hybridized carbons (Fsp3) is 0.111. The van der Waals surface area contributed by atoms with Crippen LogP contribution < -0.4 is 5.43 Å². The number of pyridine rings is 1. The zero-order valence-corrected chi connectivity index (χ0v) is 14.1. The Kier molecular flexibility index (Phi) is 4.79. The SMILES string of the molecule is CC/C(=N/Nc1ccnc2cc(Cl)ccc12)c1cccc(Cl)c1. The summed E-state index contributed by atoms with van der Waals surface area (Å²) in [4.78, 5) is 4.33. The maximum Gasteiger partial charge on any atom is 0.0738 e. The van der Waals surface area contributed by atoms with Crippen molar-refractivity contribution in [2.75, 3.05) is 5.43 Å². The second kappa shape index (κ2) is 6.99. The van der Waals surface area contributed by atoms with Gasteiger partial charge < -0.3 is 0 Å². The van der Waals surface area contributed by atoms with E-state index in [1.807, 2.05) is 48.5 Å². The fourth-order valence-corrected chi connectivity index (χ4v) is 2.72. The minimum atomic E-state index is 0.666. The molecule has 5 heteroatoms. The van der Waals surface area contributed by atoms with Gasteiger partial charge in [-0.05, 0) is 48.4 Å². The van der Waals surface area contributed by atoms with Crippen LogP contribution in [-0.2, 0) is 0 Å². The summed E-state index contributed by atoms with van der Waals surface area (Å²) in [5.74, 6) is 0. The molecule has 0 saturated heterocycles. The molecular weight excluding hydrogens is 329 g/mol. The summed E-state index contributed by atoms with van der Waals surface area (Å²) in [5, 5.41) is 6.88. The molecule has 0 aliphatic heterocycles. The van der Waals surface area contributed by atoms with Gasteiger partial charge in [0.15, 0.2) is 0 Å². The third-order valence-electron chi connectivity index (χ3n) is 3.51. The first-order valence-corrected chi connectivity index (χ1v) is 8.05. The maximum atomic E-state index is 6.06. The molecule has 116 valence electrons. The highest BCUT2D eigenvalue weighted by Gasteiger charge is 2.05. The van der Waals surface area contributed by atoms with Gasteiger partial charge in [-0.25, -0.2) is 0 Å². The summed E-state index contributed by atoms with van der Waals surface area (Å²) in [5.41, 5.74) is 6.80. The molecular formula is C18H15Cl2N3. The van der Waals surface area contributed by atoms with E-state index in [9.17, 15) is 0 Å². The van der Waals surface area contributed by atoms with Gasteiger partial charge in [0.05, 0.1) is 16.9 Å². The molecule has 0 aliphatic rings. The predicted octanol–water partition coefficient (Wildman–Crippen LogP) is 5.77. The van der Waals surface area contributed by atoms with E-state index in [2.05, 4.69) is 22.4 Å². The van der Waals surface area contributed by atoms with Crippen molar-refractivity contribution in [1.29, 1.82) is 0 Å². The topological polar surface area (TPSA) is 37.3 Å². The minimum Gasteiger partial charge on any atom is -0.277 e. The number of halogens is 2. The average molecular weight is 344 g/mol. The molecule has 0 bridgehead atoms. The number of anilines is 1. The van der Waals surface area contributed by atoms with Crippen molar-refractivity contribution in [1.82, 2.24) is 4.98 Å².